The Morgan fingerprint density at radius 3 is 0.970 bits per heavy atom. The molecule has 0 saturated carbocycles. The summed E-state index contributed by atoms with van der Waals surface area (Å²) in [7, 11) is 1.52. The lowest BCUT2D eigenvalue weighted by Crippen LogP contribution is -2.32. The van der Waals surface area contributed by atoms with Gasteiger partial charge < -0.3 is 95.1 Å². The van der Waals surface area contributed by atoms with Gasteiger partial charge in [0.1, 0.15) is 72.0 Å². The van der Waals surface area contributed by atoms with Gasteiger partial charge in [0.15, 0.2) is 87.0 Å². The third-order valence-corrected chi connectivity index (χ3v) is 30.4. The van der Waals surface area contributed by atoms with Crippen LogP contribution in [-0.4, -0.2) is 397 Å². The maximum absolute atomic E-state index is 12.3. The maximum Gasteiger partial charge on any atom is 0.280 e. The third kappa shape index (κ3) is 25.8. The molecule has 5 saturated heterocycles. The predicted molar refractivity (Wildman–Crippen MR) is 529 cm³/mol. The SMILES string of the molecule is C=P(C)(C)CC[C@H]1OC(n2cnc3c(=O)[nH]c(NCC)nc32)[C@H](O)[C@@H]1O.C=P(C)(C)CC[C@H]1OC(n2cnc3c(=O)[nH]c(NCCC)nc32)[C@H](O)[C@@H]1O.C=P(C)(C)CC[C@H]1OC(n2cnc3c(=O)[nH]c(NCCCC)nc32)[C@H](O)[C@@H]1O.C=P(C)(C)CC[C@H]1OC(n2cnc3c(OC)nc(C)nc32)[C@H](O)[C@@H]1O.C=P(C)(C)CC[C@H]1OC(n2cnc3c(OCC)nc(C)nc32)[C@H](Cl)[C@@H]1O. The van der Waals surface area contributed by atoms with Crippen LogP contribution < -0.4 is 42.1 Å². The van der Waals surface area contributed by atoms with Crippen molar-refractivity contribution in [3.63, 3.8) is 0 Å². The lowest BCUT2D eigenvalue weighted by atomic mass is 10.1. The fourth-order valence-electron chi connectivity index (χ4n) is 15.5. The average molecular weight is 1960 g/mol. The Morgan fingerprint density at radius 1 is 0.386 bits per heavy atom. The highest BCUT2D eigenvalue weighted by Crippen LogP contribution is 2.47. The quantitative estimate of drug-likeness (QED) is 0.0144. The van der Waals surface area contributed by atoms with Gasteiger partial charge in [0.25, 0.3) is 16.7 Å². The van der Waals surface area contributed by atoms with Crippen LogP contribution in [0.5, 0.6) is 11.8 Å². The molecule has 15 heterocycles. The molecule has 5 unspecified atom stereocenters. The van der Waals surface area contributed by atoms with Gasteiger partial charge in [0, 0.05) is 19.6 Å². The topological polar surface area (TPSA) is 561 Å². The van der Waals surface area contributed by atoms with Crippen molar-refractivity contribution in [2.24, 2.45) is 0 Å². The number of aryl methyl sites for hydroxylation is 2. The second-order valence-corrected chi connectivity index (χ2v) is 59.4. The number of rotatable bonds is 32. The number of methoxy groups -OCH3 is 1. The van der Waals surface area contributed by atoms with E-state index in [1.54, 1.807) is 29.3 Å². The number of imidazole rings is 5. The zero-order chi connectivity index (χ0) is 96.7. The van der Waals surface area contributed by atoms with Crippen molar-refractivity contribution in [2.75, 3.05) is 147 Å². The third-order valence-electron chi connectivity index (χ3n) is 22.6. The number of aromatic amines is 3. The van der Waals surface area contributed by atoms with Crippen LogP contribution in [0.4, 0.5) is 17.8 Å². The van der Waals surface area contributed by atoms with Crippen molar-refractivity contribution in [1.82, 2.24) is 97.6 Å². The van der Waals surface area contributed by atoms with Crippen LogP contribution in [0.1, 0.15) is 122 Å². The zero-order valence-corrected chi connectivity index (χ0v) is 83.5. The minimum absolute atomic E-state index is 0.158. The molecule has 48 heteroatoms. The minimum atomic E-state index is -1.27. The van der Waals surface area contributed by atoms with E-state index < -0.39 is 150 Å². The number of alkyl halides is 1. The number of H-pyrrole nitrogens is 3. The number of hydrogen-bond acceptors (Lipinski definition) is 34. The Bertz CT molecular complexity index is 6040. The second kappa shape index (κ2) is 44.2. The summed E-state index contributed by atoms with van der Waals surface area (Å²) in [6.07, 6.45) is 23.4. The number of hydrogen-bond donors (Lipinski definition) is 15. The summed E-state index contributed by atoms with van der Waals surface area (Å²) in [5.74, 6) is 2.92. The number of nitrogens with one attached hydrogen (secondary N) is 6. The standard InChI is InChI=1S/C18H30N5O4P.C17H26ClN4O3P.C17H28N5O4P.C16H26N5O4P.C16H25N4O4P/c1-5-6-8-19-18-21-15-12(16(26)22-18)20-10-23(15)17-14(25)13(24)11(27-17)7-9-28(2,3)4;1-6-24-16-13-15(20-10(2)21-16)22(9-19-13)17-12(18)14(23)11(25-17)7-8-26(3,4)5;1-5-7-18-17-20-14-11(15(25)21-17)19-9-22(14)16-13(24)12(23)10(26-16)6-8-27(2,3)4;1-5-17-16-19-13-10(14(24)20-16)18-8-21(13)15-12(23)11(22)9(25-15)6-7-26(2,3)4;1-9-18-14-11(15(19-9)23-2)17-8-20(14)16-13(22)12(21)10(24-16)6-7-25(3,4)5/h10-11,13-14,17,24-25H,2,5-9H2,1,3-4H3,(H2,19,21,22,26);9,11-12,14,17,23H,3,6-8H2,1-2,4-5H3;9-10,12-13,16,23-24H,2,5-8H2,1,3-4H3,(H2,18,20,21,25);8-9,11-12,15,22-23H,2,5-7H2,1,3-4H3,(H2,17,19,20,24);8,10,12-13,16,21-22H,3,6-7H2,1-2,4-5H3/t11-,13-,14-,17?;11-,12-,14-,17?;10-,12-,13-,16?;9-,11-,12-,15?;10-,12-,13-,16?/m11111/s1. The molecule has 0 radical (unpaired) electrons. The first-order valence-electron chi connectivity index (χ1n) is 44.2. The summed E-state index contributed by atoms with van der Waals surface area (Å²) in [4.78, 5) is 96.2. The van der Waals surface area contributed by atoms with E-state index in [4.69, 9.17) is 44.8 Å². The molecule has 5 aliphatic heterocycles. The van der Waals surface area contributed by atoms with Gasteiger partial charge in [0.05, 0.1) is 75.9 Å². The van der Waals surface area contributed by atoms with Crippen LogP contribution in [0.25, 0.3) is 55.8 Å². The maximum atomic E-state index is 12.3. The van der Waals surface area contributed by atoms with E-state index in [-0.39, 0.29) is 39.3 Å². The van der Waals surface area contributed by atoms with Crippen LogP contribution in [0.3, 0.4) is 0 Å². The Hall–Kier alpha value is -7.62. The lowest BCUT2D eigenvalue weighted by Gasteiger charge is -2.19. The second-order valence-electron chi connectivity index (χ2n) is 37.3. The molecule has 20 atom stereocenters. The van der Waals surface area contributed by atoms with E-state index in [0.717, 1.165) is 56.5 Å². The van der Waals surface area contributed by atoms with E-state index >= 15 is 0 Å². The summed E-state index contributed by atoms with van der Waals surface area (Å²) in [5, 5.41) is 103. The summed E-state index contributed by atoms with van der Waals surface area (Å²) >= 11 is 6.50. The van der Waals surface area contributed by atoms with Gasteiger partial charge in [-0.3, -0.25) is 52.2 Å². The molecular weight excluding hydrogens is 1830 g/mol. The average Bonchev–Trinajstić information content (AvgIpc) is 1.64. The van der Waals surface area contributed by atoms with Gasteiger partial charge in [-0.2, -0.15) is 24.9 Å². The van der Waals surface area contributed by atoms with Crippen molar-refractivity contribution in [2.45, 2.75) is 215 Å². The van der Waals surface area contributed by atoms with Gasteiger partial charge in [0.2, 0.25) is 29.6 Å². The Labute approximate surface area is 771 Å². The molecule has 10 aromatic rings. The molecule has 732 valence electrons. The van der Waals surface area contributed by atoms with E-state index in [0.29, 0.717) is 132 Å². The number of fused-ring (bicyclic) bond motifs is 5. The highest BCUT2D eigenvalue weighted by atomic mass is 35.5. The fraction of sp³-hybridized carbons (Fsp3) is 0.643. The minimum Gasteiger partial charge on any atom is -0.479 e. The molecule has 5 aliphatic rings. The molecule has 0 bridgehead atoms. The number of aliphatic hydroxyl groups is 9. The first-order valence-corrected chi connectivity index (χ1v) is 59.9. The van der Waals surface area contributed by atoms with Gasteiger partial charge in [-0.25, -0.2) is 34.9 Å². The summed E-state index contributed by atoms with van der Waals surface area (Å²) in [6, 6.07) is 0. The number of ether oxygens (including phenoxy) is 7. The summed E-state index contributed by atoms with van der Waals surface area (Å²) in [5.41, 5.74) is 2.44. The molecule has 0 amide bonds. The summed E-state index contributed by atoms with van der Waals surface area (Å²) in [6.45, 7) is 28.9. The lowest BCUT2D eigenvalue weighted by molar-refractivity contribution is -0.0353. The number of nitrogens with zero attached hydrogens (tertiary/aromatic N) is 17. The van der Waals surface area contributed by atoms with Crippen LogP contribution in [-0.2, 0) is 23.7 Å². The molecule has 0 aliphatic carbocycles. The normalized spacial score (nSPS) is 26.3. The smallest absolute Gasteiger partial charge is 0.280 e. The molecule has 42 nitrogen and oxygen atoms in total. The largest absolute Gasteiger partial charge is 0.479 e. The van der Waals surface area contributed by atoms with Crippen molar-refractivity contribution in [3.8, 4) is 11.8 Å². The Kier molecular flexibility index (Phi) is 35.1. The number of unbranched alkanes of at least 4 members (excludes halogenated alkanes) is 1. The highest BCUT2D eigenvalue weighted by Gasteiger charge is 2.49. The van der Waals surface area contributed by atoms with Crippen molar-refractivity contribution < 1.29 is 79.1 Å². The first kappa shape index (κ1) is 105. The van der Waals surface area contributed by atoms with Gasteiger partial charge >= 0.3 is 0 Å². The highest BCUT2D eigenvalue weighted by molar-refractivity contribution is 7.73. The van der Waals surface area contributed by atoms with Gasteiger partial charge in [-0.15, -0.1) is 77.5 Å². The Balaban J connectivity index is 0.000000159. The van der Waals surface area contributed by atoms with Gasteiger partial charge in [-0.05, 0) is 170 Å². The van der Waals surface area contributed by atoms with Crippen molar-refractivity contribution >= 4 is 151 Å². The van der Waals surface area contributed by atoms with Crippen LogP contribution in [0.2, 0.25) is 0 Å². The van der Waals surface area contributed by atoms with Crippen molar-refractivity contribution in [3.05, 3.63) is 74.3 Å². The van der Waals surface area contributed by atoms with Gasteiger partial charge in [-0.1, -0.05) is 20.3 Å². The molecule has 0 spiro atoms. The van der Waals surface area contributed by atoms with E-state index in [1.807, 2.05) is 20.8 Å². The monoisotopic (exact) mass is 1960 g/mol. The van der Waals surface area contributed by atoms with E-state index in [9.17, 15) is 60.3 Å². The first-order chi connectivity index (χ1) is 62.0. The molecule has 15 N–H and O–H groups in total. The van der Waals surface area contributed by atoms with Crippen LogP contribution in [0.15, 0.2) is 46.0 Å². The zero-order valence-electron chi connectivity index (χ0n) is 78.3. The molecule has 5 fully saturated rings. The fourth-order valence-corrected chi connectivity index (χ4v) is 20.6. The number of anilines is 3. The van der Waals surface area contributed by atoms with Crippen molar-refractivity contribution in [1.29, 1.82) is 0 Å². The number of halogens is 1. The molecule has 0 aromatic carbocycles. The van der Waals surface area contributed by atoms with E-state index in [2.05, 4.69) is 196 Å². The van der Waals surface area contributed by atoms with Crippen LogP contribution in [0, 0.1) is 13.8 Å². The predicted octanol–water partition coefficient (Wildman–Crippen LogP) is 5.34. The van der Waals surface area contributed by atoms with E-state index in [1.165, 1.54) is 46.1 Å². The number of aliphatic hydroxyl groups excluding tert-OH is 9. The molecule has 15 rings (SSSR count). The van der Waals surface area contributed by atoms with Crippen LogP contribution >= 0.6 is 46.0 Å². The Morgan fingerprint density at radius 2 is 0.667 bits per heavy atom. The molecular formula is C84H135ClN23O19P5. The molecule has 10 aromatic heterocycles. The summed E-state index contributed by atoms with van der Waals surface area (Å²) < 4.78 is 48.6. The number of aromatic nitrogens is 20. The molecule has 132 heavy (non-hydrogen) atoms.